The molecule has 0 spiro atoms. The molecule has 0 saturated carbocycles. The van der Waals surface area contributed by atoms with Crippen LogP contribution >= 0.6 is 11.3 Å². The highest BCUT2D eigenvalue weighted by atomic mass is 32.1. The first-order valence-electron chi connectivity index (χ1n) is 6.75. The van der Waals surface area contributed by atoms with Crippen LogP contribution in [-0.2, 0) is 6.54 Å². The molecule has 0 fully saturated rings. The van der Waals surface area contributed by atoms with Crippen molar-refractivity contribution >= 4 is 17.2 Å². The first-order chi connectivity index (χ1) is 10.1. The number of rotatable bonds is 4. The summed E-state index contributed by atoms with van der Waals surface area (Å²) in [4.78, 5) is 5.59. The Hall–Kier alpha value is -2.15. The average Bonchev–Trinajstić information content (AvgIpc) is 3.11. The quantitative estimate of drug-likeness (QED) is 0.801. The molecule has 7 heteroatoms. The number of aryl methyl sites for hydroxylation is 1. The Morgan fingerprint density at radius 3 is 2.90 bits per heavy atom. The number of nitrogen functional groups attached to an aromatic ring is 1. The van der Waals surface area contributed by atoms with Gasteiger partial charge in [-0.05, 0) is 24.3 Å². The molecular weight excluding hydrogens is 286 g/mol. The molecule has 0 amide bonds. The highest BCUT2D eigenvalue weighted by Gasteiger charge is 2.18. The zero-order valence-electron chi connectivity index (χ0n) is 12.2. The van der Waals surface area contributed by atoms with Crippen molar-refractivity contribution in [1.29, 1.82) is 0 Å². The minimum atomic E-state index is 0.254. The molecule has 0 unspecified atom stereocenters. The fourth-order valence-electron chi connectivity index (χ4n) is 2.27. The van der Waals surface area contributed by atoms with Crippen LogP contribution in [0.2, 0.25) is 0 Å². The predicted octanol–water partition coefficient (Wildman–Crippen LogP) is 3.06. The van der Waals surface area contributed by atoms with Crippen LogP contribution in [-0.4, -0.2) is 20.0 Å². The second kappa shape index (κ2) is 5.33. The predicted molar refractivity (Wildman–Crippen MR) is 82.2 cm³/mol. The Kier molecular flexibility index (Phi) is 3.50. The van der Waals surface area contributed by atoms with E-state index in [0.717, 1.165) is 22.0 Å². The maximum atomic E-state index is 5.88. The van der Waals surface area contributed by atoms with Gasteiger partial charge in [-0.25, -0.2) is 9.67 Å². The third-order valence-corrected chi connectivity index (χ3v) is 4.13. The molecule has 3 aromatic rings. The lowest BCUT2D eigenvalue weighted by molar-refractivity contribution is 0.532. The van der Waals surface area contributed by atoms with E-state index in [0.29, 0.717) is 18.3 Å². The molecule has 0 aliphatic rings. The van der Waals surface area contributed by atoms with Crippen LogP contribution in [0.3, 0.4) is 0 Å². The third-order valence-electron chi connectivity index (χ3n) is 3.27. The fraction of sp³-hybridized carbons (Fsp3) is 0.357. The van der Waals surface area contributed by atoms with E-state index in [-0.39, 0.29) is 5.92 Å². The van der Waals surface area contributed by atoms with E-state index in [1.807, 2.05) is 24.4 Å². The second-order valence-electron chi connectivity index (χ2n) is 5.17. The van der Waals surface area contributed by atoms with E-state index in [1.54, 1.807) is 16.0 Å². The number of aromatic nitrogens is 4. The minimum absolute atomic E-state index is 0.254. The Morgan fingerprint density at radius 1 is 1.43 bits per heavy atom. The van der Waals surface area contributed by atoms with Crippen LogP contribution in [0.4, 0.5) is 5.82 Å². The highest BCUT2D eigenvalue weighted by molar-refractivity contribution is 7.13. The van der Waals surface area contributed by atoms with Gasteiger partial charge in [0.05, 0.1) is 17.1 Å². The van der Waals surface area contributed by atoms with Gasteiger partial charge in [-0.2, -0.15) is 0 Å². The molecule has 3 rings (SSSR count). The van der Waals surface area contributed by atoms with Gasteiger partial charge in [0.2, 0.25) is 5.89 Å². The monoisotopic (exact) mass is 303 g/mol. The first kappa shape index (κ1) is 13.8. The van der Waals surface area contributed by atoms with Crippen molar-refractivity contribution in [2.24, 2.45) is 0 Å². The van der Waals surface area contributed by atoms with E-state index in [2.05, 4.69) is 29.1 Å². The molecule has 3 heterocycles. The second-order valence-corrected chi connectivity index (χ2v) is 6.12. The number of hydrogen-bond donors (Lipinski definition) is 1. The summed E-state index contributed by atoms with van der Waals surface area (Å²) in [5.74, 6) is 2.17. The Balaban J connectivity index is 1.92. The van der Waals surface area contributed by atoms with Gasteiger partial charge >= 0.3 is 0 Å². The van der Waals surface area contributed by atoms with Crippen molar-refractivity contribution in [3.05, 3.63) is 34.7 Å². The largest absolute Gasteiger partial charge is 0.440 e. The smallest absolute Gasteiger partial charge is 0.236 e. The van der Waals surface area contributed by atoms with Crippen LogP contribution in [0, 0.1) is 6.92 Å². The SMILES string of the molecule is Cc1oc(-c2cccs2)nc1Cn1nnc(N)c1C(C)C. The molecule has 3 aromatic heterocycles. The number of oxazole rings is 1. The topological polar surface area (TPSA) is 82.8 Å². The van der Waals surface area contributed by atoms with Gasteiger partial charge in [-0.15, -0.1) is 16.4 Å². The standard InChI is InChI=1S/C14H17N5OS/c1-8(2)12-13(15)17-18-19(12)7-10-9(3)20-14(16-10)11-5-4-6-21-11/h4-6,8H,7,15H2,1-3H3. The summed E-state index contributed by atoms with van der Waals surface area (Å²) in [6, 6.07) is 3.97. The van der Waals surface area contributed by atoms with Crippen molar-refractivity contribution < 1.29 is 4.42 Å². The lowest BCUT2D eigenvalue weighted by Gasteiger charge is -2.08. The van der Waals surface area contributed by atoms with Crippen LogP contribution < -0.4 is 5.73 Å². The number of anilines is 1. The molecule has 0 aromatic carbocycles. The van der Waals surface area contributed by atoms with Gasteiger partial charge in [0.25, 0.3) is 0 Å². The lowest BCUT2D eigenvalue weighted by Crippen LogP contribution is -2.09. The van der Waals surface area contributed by atoms with Gasteiger partial charge in [0.15, 0.2) is 5.82 Å². The number of nitrogens with two attached hydrogens (primary N) is 1. The molecule has 0 saturated heterocycles. The summed E-state index contributed by atoms with van der Waals surface area (Å²) >= 11 is 1.61. The molecule has 110 valence electrons. The molecule has 0 aliphatic heterocycles. The van der Waals surface area contributed by atoms with Gasteiger partial charge in [-0.1, -0.05) is 25.1 Å². The van der Waals surface area contributed by atoms with E-state index in [4.69, 9.17) is 10.2 Å². The molecule has 0 radical (unpaired) electrons. The van der Waals surface area contributed by atoms with Crippen molar-refractivity contribution in [3.8, 4) is 10.8 Å². The van der Waals surface area contributed by atoms with E-state index in [9.17, 15) is 0 Å². The van der Waals surface area contributed by atoms with Crippen LogP contribution in [0.5, 0.6) is 0 Å². The molecule has 0 bridgehead atoms. The molecule has 2 N–H and O–H groups in total. The first-order valence-corrected chi connectivity index (χ1v) is 7.63. The summed E-state index contributed by atoms with van der Waals surface area (Å²) < 4.78 is 7.54. The van der Waals surface area contributed by atoms with E-state index >= 15 is 0 Å². The van der Waals surface area contributed by atoms with Gasteiger partial charge in [0.1, 0.15) is 11.5 Å². The Bertz CT molecular complexity index is 742. The summed E-state index contributed by atoms with van der Waals surface area (Å²) in [5, 5.41) is 10.1. The normalized spacial score (nSPS) is 11.4. The fourth-order valence-corrected chi connectivity index (χ4v) is 2.92. The molecule has 0 aliphatic carbocycles. The van der Waals surface area contributed by atoms with Crippen molar-refractivity contribution in [2.45, 2.75) is 33.2 Å². The molecule has 21 heavy (non-hydrogen) atoms. The maximum Gasteiger partial charge on any atom is 0.236 e. The Labute approximate surface area is 126 Å². The number of hydrogen-bond acceptors (Lipinski definition) is 6. The molecule has 0 atom stereocenters. The summed E-state index contributed by atoms with van der Waals surface area (Å²) in [7, 11) is 0. The van der Waals surface area contributed by atoms with Gasteiger partial charge < -0.3 is 10.2 Å². The molecule has 6 nitrogen and oxygen atoms in total. The number of thiophene rings is 1. The van der Waals surface area contributed by atoms with Crippen LogP contribution in [0.25, 0.3) is 10.8 Å². The van der Waals surface area contributed by atoms with Gasteiger partial charge in [-0.3, -0.25) is 0 Å². The number of nitrogens with zero attached hydrogens (tertiary/aromatic N) is 4. The lowest BCUT2D eigenvalue weighted by atomic mass is 10.1. The third kappa shape index (κ3) is 2.56. The van der Waals surface area contributed by atoms with Crippen LogP contribution in [0.15, 0.2) is 21.9 Å². The van der Waals surface area contributed by atoms with Crippen LogP contribution in [0.1, 0.15) is 36.9 Å². The van der Waals surface area contributed by atoms with E-state index < -0.39 is 0 Å². The van der Waals surface area contributed by atoms with Gasteiger partial charge in [0, 0.05) is 0 Å². The summed E-state index contributed by atoms with van der Waals surface area (Å²) in [6.45, 7) is 6.56. The highest BCUT2D eigenvalue weighted by Crippen LogP contribution is 2.27. The molecular formula is C14H17N5OS. The van der Waals surface area contributed by atoms with Crippen molar-refractivity contribution in [3.63, 3.8) is 0 Å². The Morgan fingerprint density at radius 2 is 2.24 bits per heavy atom. The summed E-state index contributed by atoms with van der Waals surface area (Å²) in [6.07, 6.45) is 0. The minimum Gasteiger partial charge on any atom is -0.440 e. The zero-order chi connectivity index (χ0) is 15.0. The maximum absolute atomic E-state index is 5.88. The zero-order valence-corrected chi connectivity index (χ0v) is 13.0. The van der Waals surface area contributed by atoms with Crippen molar-refractivity contribution in [2.75, 3.05) is 5.73 Å². The van der Waals surface area contributed by atoms with Crippen molar-refractivity contribution in [1.82, 2.24) is 20.0 Å². The summed E-state index contributed by atoms with van der Waals surface area (Å²) in [5.41, 5.74) is 7.66. The average molecular weight is 303 g/mol. The van der Waals surface area contributed by atoms with E-state index in [1.165, 1.54) is 0 Å².